The van der Waals surface area contributed by atoms with Gasteiger partial charge in [-0.05, 0) is 69.3 Å². The lowest BCUT2D eigenvalue weighted by Crippen LogP contribution is -2.42. The van der Waals surface area contributed by atoms with E-state index in [-0.39, 0.29) is 24.0 Å². The molecule has 3 fully saturated rings. The number of benzene rings is 1. The summed E-state index contributed by atoms with van der Waals surface area (Å²) >= 11 is 6.15. The Balaban J connectivity index is 0.00000210. The van der Waals surface area contributed by atoms with Gasteiger partial charge in [-0.2, -0.15) is 0 Å². The average molecular weight is 503 g/mol. The smallest absolute Gasteiger partial charge is 0.194 e. The lowest BCUT2D eigenvalue weighted by Gasteiger charge is -2.24. The van der Waals surface area contributed by atoms with Crippen LogP contribution in [-0.2, 0) is 0 Å². The Bertz CT molecular complexity index is 647. The predicted octanol–water partition coefficient (Wildman–Crippen LogP) is 4.20. The van der Waals surface area contributed by atoms with Gasteiger partial charge in [-0.15, -0.1) is 24.0 Å². The first-order chi connectivity index (χ1) is 12.7. The maximum absolute atomic E-state index is 6.15. The molecule has 0 aromatic heterocycles. The molecule has 1 aromatic carbocycles. The van der Waals surface area contributed by atoms with Crippen molar-refractivity contribution in [3.05, 3.63) is 34.9 Å². The molecule has 4 rings (SSSR count). The molecule has 2 heterocycles. The van der Waals surface area contributed by atoms with Crippen molar-refractivity contribution in [1.29, 1.82) is 0 Å². The summed E-state index contributed by atoms with van der Waals surface area (Å²) in [6.45, 7) is 9.12. The molecule has 2 aliphatic heterocycles. The highest BCUT2D eigenvalue weighted by Crippen LogP contribution is 2.41. The molecule has 0 bridgehead atoms. The van der Waals surface area contributed by atoms with E-state index in [4.69, 9.17) is 16.6 Å². The second kappa shape index (κ2) is 9.79. The molecule has 1 saturated carbocycles. The predicted molar refractivity (Wildman–Crippen MR) is 124 cm³/mol. The minimum absolute atomic E-state index is 0. The van der Waals surface area contributed by atoms with Crippen molar-refractivity contribution in [3.63, 3.8) is 0 Å². The second-order valence-electron chi connectivity index (χ2n) is 8.05. The van der Waals surface area contributed by atoms with Crippen molar-refractivity contribution >= 4 is 41.5 Å². The highest BCUT2D eigenvalue weighted by molar-refractivity contribution is 14.0. The largest absolute Gasteiger partial charge is 0.353 e. The van der Waals surface area contributed by atoms with Crippen LogP contribution in [-0.4, -0.2) is 61.1 Å². The normalized spacial score (nSPS) is 28.3. The monoisotopic (exact) mass is 502 g/mol. The molecule has 1 N–H and O–H groups in total. The van der Waals surface area contributed by atoms with Crippen molar-refractivity contribution in [2.45, 2.75) is 44.6 Å². The van der Waals surface area contributed by atoms with Gasteiger partial charge >= 0.3 is 0 Å². The number of nitrogens with one attached hydrogen (secondary N) is 1. The maximum Gasteiger partial charge on any atom is 0.194 e. The van der Waals surface area contributed by atoms with Crippen LogP contribution in [0.25, 0.3) is 0 Å². The molecule has 0 amide bonds. The van der Waals surface area contributed by atoms with Gasteiger partial charge in [-0.1, -0.05) is 23.7 Å². The molecule has 1 aromatic rings. The van der Waals surface area contributed by atoms with Crippen molar-refractivity contribution in [2.24, 2.45) is 10.9 Å². The molecule has 0 spiro atoms. The SMILES string of the molecule is CCN=C(NC1CC1c1cccc(Cl)c1)N1CCC(CN2CCCC2)C1.I. The summed E-state index contributed by atoms with van der Waals surface area (Å²) in [5, 5.41) is 4.57. The van der Waals surface area contributed by atoms with Gasteiger partial charge in [0.2, 0.25) is 0 Å². The fraction of sp³-hybridized carbons (Fsp3) is 0.667. The third-order valence-corrected chi connectivity index (χ3v) is 6.23. The van der Waals surface area contributed by atoms with Gasteiger partial charge in [0.05, 0.1) is 0 Å². The summed E-state index contributed by atoms with van der Waals surface area (Å²) in [4.78, 5) is 9.92. The van der Waals surface area contributed by atoms with E-state index >= 15 is 0 Å². The van der Waals surface area contributed by atoms with Crippen LogP contribution < -0.4 is 5.32 Å². The van der Waals surface area contributed by atoms with Crippen LogP contribution in [0.15, 0.2) is 29.3 Å². The number of aliphatic imine (C=N–C) groups is 1. The molecule has 3 aliphatic rings. The quantitative estimate of drug-likeness (QED) is 0.372. The molecule has 4 nitrogen and oxygen atoms in total. The van der Waals surface area contributed by atoms with Crippen LogP contribution in [0.1, 0.15) is 44.1 Å². The standard InChI is InChI=1S/C21H31ClN4.HI/c1-2-23-21(24-20-13-19(20)17-6-5-7-18(22)12-17)26-11-8-16(15-26)14-25-9-3-4-10-25;/h5-7,12,16,19-20H,2-4,8-11,13-15H2,1H3,(H,23,24);1H. The van der Waals surface area contributed by atoms with Crippen LogP contribution in [0.4, 0.5) is 0 Å². The molecule has 1 aliphatic carbocycles. The number of nitrogens with zero attached hydrogens (tertiary/aromatic N) is 3. The van der Waals surface area contributed by atoms with E-state index in [2.05, 4.69) is 40.2 Å². The van der Waals surface area contributed by atoms with E-state index in [0.29, 0.717) is 12.0 Å². The van der Waals surface area contributed by atoms with Gasteiger partial charge in [0.25, 0.3) is 0 Å². The molecule has 2 saturated heterocycles. The third kappa shape index (κ3) is 5.51. The van der Waals surface area contributed by atoms with Gasteiger partial charge in [0, 0.05) is 43.2 Å². The van der Waals surface area contributed by atoms with E-state index in [1.807, 2.05) is 6.07 Å². The fourth-order valence-corrected chi connectivity index (χ4v) is 4.72. The highest BCUT2D eigenvalue weighted by atomic mass is 127. The first kappa shape index (κ1) is 21.2. The van der Waals surface area contributed by atoms with E-state index < -0.39 is 0 Å². The number of rotatable bonds is 5. The van der Waals surface area contributed by atoms with E-state index in [0.717, 1.165) is 36.5 Å². The first-order valence-corrected chi connectivity index (χ1v) is 10.6. The number of hydrogen-bond donors (Lipinski definition) is 1. The Morgan fingerprint density at radius 1 is 1.26 bits per heavy atom. The van der Waals surface area contributed by atoms with Crippen LogP contribution in [0.2, 0.25) is 5.02 Å². The minimum atomic E-state index is 0. The van der Waals surface area contributed by atoms with Crippen molar-refractivity contribution < 1.29 is 0 Å². The van der Waals surface area contributed by atoms with Gasteiger partial charge in [0.15, 0.2) is 5.96 Å². The summed E-state index contributed by atoms with van der Waals surface area (Å²) < 4.78 is 0. The number of hydrogen-bond acceptors (Lipinski definition) is 2. The van der Waals surface area contributed by atoms with Crippen LogP contribution in [0.3, 0.4) is 0 Å². The summed E-state index contributed by atoms with van der Waals surface area (Å²) in [5.41, 5.74) is 1.35. The molecule has 6 heteroatoms. The summed E-state index contributed by atoms with van der Waals surface area (Å²) in [6.07, 6.45) is 5.23. The Hall–Kier alpha value is -0.530. The Morgan fingerprint density at radius 3 is 2.81 bits per heavy atom. The topological polar surface area (TPSA) is 30.9 Å². The van der Waals surface area contributed by atoms with Crippen LogP contribution >= 0.6 is 35.6 Å². The Kier molecular flexibility index (Phi) is 7.68. The highest BCUT2D eigenvalue weighted by Gasteiger charge is 2.40. The van der Waals surface area contributed by atoms with Crippen molar-refractivity contribution in [2.75, 3.05) is 39.3 Å². The van der Waals surface area contributed by atoms with E-state index in [1.165, 1.54) is 50.9 Å². The fourth-order valence-electron chi connectivity index (χ4n) is 4.52. The zero-order valence-electron chi connectivity index (χ0n) is 16.2. The maximum atomic E-state index is 6.15. The van der Waals surface area contributed by atoms with Gasteiger partial charge in [-0.3, -0.25) is 4.99 Å². The second-order valence-corrected chi connectivity index (χ2v) is 8.49. The lowest BCUT2D eigenvalue weighted by atomic mass is 10.1. The van der Waals surface area contributed by atoms with Gasteiger partial charge < -0.3 is 15.1 Å². The lowest BCUT2D eigenvalue weighted by molar-refractivity contribution is 0.281. The summed E-state index contributed by atoms with van der Waals surface area (Å²) in [6, 6.07) is 8.79. The molecular formula is C21H32ClIN4. The van der Waals surface area contributed by atoms with Crippen LogP contribution in [0.5, 0.6) is 0 Å². The van der Waals surface area contributed by atoms with Gasteiger partial charge in [0.1, 0.15) is 0 Å². The zero-order valence-corrected chi connectivity index (χ0v) is 19.3. The zero-order chi connectivity index (χ0) is 17.9. The van der Waals surface area contributed by atoms with Crippen molar-refractivity contribution in [3.8, 4) is 0 Å². The summed E-state index contributed by atoms with van der Waals surface area (Å²) in [7, 11) is 0. The van der Waals surface area contributed by atoms with E-state index in [9.17, 15) is 0 Å². The molecular weight excluding hydrogens is 471 g/mol. The molecule has 3 atom stereocenters. The molecule has 27 heavy (non-hydrogen) atoms. The van der Waals surface area contributed by atoms with E-state index in [1.54, 1.807) is 0 Å². The third-order valence-electron chi connectivity index (χ3n) is 5.99. The van der Waals surface area contributed by atoms with Gasteiger partial charge in [-0.25, -0.2) is 0 Å². The Morgan fingerprint density at radius 2 is 2.07 bits per heavy atom. The summed E-state index contributed by atoms with van der Waals surface area (Å²) in [5.74, 6) is 2.48. The minimum Gasteiger partial charge on any atom is -0.353 e. The first-order valence-electron chi connectivity index (χ1n) is 10.3. The molecule has 150 valence electrons. The van der Waals surface area contributed by atoms with Crippen molar-refractivity contribution in [1.82, 2.24) is 15.1 Å². The Labute approximate surface area is 185 Å². The average Bonchev–Trinajstić information content (AvgIpc) is 3.01. The number of likely N-dealkylation sites (tertiary alicyclic amines) is 2. The molecule has 0 radical (unpaired) electrons. The molecule has 3 unspecified atom stereocenters. The number of guanidine groups is 1. The van der Waals surface area contributed by atoms with Crippen LogP contribution in [0, 0.1) is 5.92 Å². The number of halogens is 2.